The lowest BCUT2D eigenvalue weighted by molar-refractivity contribution is -0.0632. The Morgan fingerprint density at radius 2 is 2.12 bits per heavy atom. The van der Waals surface area contributed by atoms with E-state index in [4.69, 9.17) is 9.47 Å². The van der Waals surface area contributed by atoms with Gasteiger partial charge in [-0.15, -0.1) is 0 Å². The predicted octanol–water partition coefficient (Wildman–Crippen LogP) is 0.448. The van der Waals surface area contributed by atoms with Gasteiger partial charge in [0.25, 0.3) is 0 Å². The molecule has 1 aromatic carbocycles. The molecule has 0 bridgehead atoms. The van der Waals surface area contributed by atoms with Gasteiger partial charge in [0.2, 0.25) is 5.90 Å². The minimum absolute atomic E-state index is 0.155. The van der Waals surface area contributed by atoms with E-state index in [2.05, 4.69) is 15.0 Å². The quantitative estimate of drug-likeness (QED) is 0.758. The van der Waals surface area contributed by atoms with Crippen molar-refractivity contribution in [3.05, 3.63) is 35.9 Å². The second-order valence-corrected chi connectivity index (χ2v) is 6.31. The number of benzene rings is 1. The van der Waals surface area contributed by atoms with Crippen LogP contribution in [0.2, 0.25) is 0 Å². The molecule has 9 heteroatoms. The summed E-state index contributed by atoms with van der Waals surface area (Å²) >= 11 is 0. The molecule has 5 atom stereocenters. The molecule has 4 rings (SSSR count). The van der Waals surface area contributed by atoms with Crippen molar-refractivity contribution < 1.29 is 24.1 Å². The van der Waals surface area contributed by atoms with Crippen LogP contribution in [0.25, 0.3) is 0 Å². The lowest BCUT2D eigenvalue weighted by Crippen LogP contribution is -2.47. The van der Waals surface area contributed by atoms with Gasteiger partial charge in [-0.05, 0) is 5.56 Å². The molecule has 3 aliphatic rings. The summed E-state index contributed by atoms with van der Waals surface area (Å²) in [7, 11) is 0. The Labute approximate surface area is 149 Å². The van der Waals surface area contributed by atoms with Crippen LogP contribution in [-0.2, 0) is 16.1 Å². The number of halogens is 1. The van der Waals surface area contributed by atoms with Gasteiger partial charge in [-0.2, -0.15) is 9.38 Å². The molecular formula is C17H19FN4O4. The molecule has 2 N–H and O–H groups in total. The Morgan fingerprint density at radius 3 is 2.85 bits per heavy atom. The van der Waals surface area contributed by atoms with E-state index < -0.39 is 36.7 Å². The fourth-order valence-corrected chi connectivity index (χ4v) is 3.24. The number of fused-ring (bicyclic) bond motifs is 1. The SMILES string of the molecule is OC[C@H]1O[C@@H](N2C=NC3C(OCc4ccccc4)=NC(F)=NC32)C[C@@H]1O. The molecule has 0 radical (unpaired) electrons. The highest BCUT2D eigenvalue weighted by atomic mass is 19.1. The maximum Gasteiger partial charge on any atom is 0.309 e. The highest BCUT2D eigenvalue weighted by Crippen LogP contribution is 2.30. The maximum atomic E-state index is 13.9. The minimum atomic E-state index is -0.887. The molecule has 0 spiro atoms. The Balaban J connectivity index is 1.46. The molecule has 1 saturated heterocycles. The molecule has 0 amide bonds. The largest absolute Gasteiger partial charge is 0.474 e. The molecule has 0 aromatic heterocycles. The Morgan fingerprint density at radius 1 is 1.31 bits per heavy atom. The van der Waals surface area contributed by atoms with Crippen molar-refractivity contribution in [2.75, 3.05) is 6.61 Å². The zero-order valence-corrected chi connectivity index (χ0v) is 13.8. The Hall–Kier alpha value is -2.36. The molecule has 3 aliphatic heterocycles. The molecule has 3 heterocycles. The number of amidine groups is 1. The van der Waals surface area contributed by atoms with E-state index in [0.717, 1.165) is 5.56 Å². The average molecular weight is 362 g/mol. The average Bonchev–Trinajstić information content (AvgIpc) is 3.23. The van der Waals surface area contributed by atoms with E-state index in [1.807, 2.05) is 30.3 Å². The van der Waals surface area contributed by atoms with Crippen LogP contribution in [-0.4, -0.2) is 70.7 Å². The van der Waals surface area contributed by atoms with Crippen molar-refractivity contribution in [2.45, 2.75) is 43.7 Å². The van der Waals surface area contributed by atoms with Gasteiger partial charge in [-0.1, -0.05) is 30.3 Å². The number of aliphatic hydroxyl groups excluding tert-OH is 2. The third-order valence-electron chi connectivity index (χ3n) is 4.59. The molecule has 2 unspecified atom stereocenters. The van der Waals surface area contributed by atoms with Crippen molar-refractivity contribution >= 4 is 18.3 Å². The van der Waals surface area contributed by atoms with Gasteiger partial charge >= 0.3 is 6.09 Å². The monoisotopic (exact) mass is 362 g/mol. The fraction of sp³-hybridized carbons (Fsp3) is 0.471. The summed E-state index contributed by atoms with van der Waals surface area (Å²) in [6, 6.07) is 8.91. The van der Waals surface area contributed by atoms with Gasteiger partial charge in [0.05, 0.1) is 19.0 Å². The number of nitrogens with zero attached hydrogens (tertiary/aromatic N) is 4. The summed E-state index contributed by atoms with van der Waals surface area (Å²) < 4.78 is 25.3. The number of aliphatic imine (C=N–C) groups is 3. The van der Waals surface area contributed by atoms with Gasteiger partial charge in [0.15, 0.2) is 12.2 Å². The third kappa shape index (κ3) is 3.20. The van der Waals surface area contributed by atoms with Crippen LogP contribution in [0.1, 0.15) is 12.0 Å². The number of hydrogen-bond acceptors (Lipinski definition) is 8. The number of aliphatic hydroxyl groups is 2. The molecule has 1 aromatic rings. The Kier molecular flexibility index (Phi) is 4.66. The minimum Gasteiger partial charge on any atom is -0.474 e. The van der Waals surface area contributed by atoms with Crippen LogP contribution in [0, 0.1) is 0 Å². The van der Waals surface area contributed by atoms with Gasteiger partial charge in [0, 0.05) is 6.42 Å². The smallest absolute Gasteiger partial charge is 0.309 e. The lowest BCUT2D eigenvalue weighted by Gasteiger charge is -2.30. The molecule has 8 nitrogen and oxygen atoms in total. The van der Waals surface area contributed by atoms with Crippen molar-refractivity contribution in [2.24, 2.45) is 15.0 Å². The molecule has 26 heavy (non-hydrogen) atoms. The zero-order chi connectivity index (χ0) is 18.1. The second kappa shape index (κ2) is 7.10. The first-order valence-corrected chi connectivity index (χ1v) is 8.39. The van der Waals surface area contributed by atoms with E-state index in [-0.39, 0.29) is 25.5 Å². The van der Waals surface area contributed by atoms with Crippen LogP contribution in [0.5, 0.6) is 0 Å². The Bertz CT molecular complexity index is 742. The van der Waals surface area contributed by atoms with Crippen LogP contribution >= 0.6 is 0 Å². The summed E-state index contributed by atoms with van der Waals surface area (Å²) in [5.74, 6) is 0.155. The topological polar surface area (TPSA) is 99.2 Å². The summed E-state index contributed by atoms with van der Waals surface area (Å²) in [5.41, 5.74) is 0.932. The highest BCUT2D eigenvalue weighted by molar-refractivity contribution is 5.97. The van der Waals surface area contributed by atoms with E-state index in [1.165, 1.54) is 6.34 Å². The van der Waals surface area contributed by atoms with Crippen molar-refractivity contribution in [3.63, 3.8) is 0 Å². The first-order chi connectivity index (χ1) is 12.7. The van der Waals surface area contributed by atoms with Crippen LogP contribution in [0.3, 0.4) is 0 Å². The van der Waals surface area contributed by atoms with Gasteiger partial charge in [0.1, 0.15) is 18.9 Å². The highest BCUT2D eigenvalue weighted by Gasteiger charge is 2.46. The molecule has 0 aliphatic carbocycles. The molecular weight excluding hydrogens is 343 g/mol. The first-order valence-electron chi connectivity index (χ1n) is 8.39. The number of ether oxygens (including phenoxy) is 2. The summed E-state index contributed by atoms with van der Waals surface area (Å²) in [4.78, 5) is 13.6. The van der Waals surface area contributed by atoms with Gasteiger partial charge < -0.3 is 24.6 Å². The van der Waals surface area contributed by atoms with E-state index in [9.17, 15) is 14.6 Å². The molecule has 1 fully saturated rings. The number of rotatable bonds is 4. The summed E-state index contributed by atoms with van der Waals surface area (Å²) in [6.07, 6.45) is -1.81. The molecule has 138 valence electrons. The van der Waals surface area contributed by atoms with Crippen molar-refractivity contribution in [1.29, 1.82) is 0 Å². The molecule has 0 saturated carbocycles. The van der Waals surface area contributed by atoms with Crippen molar-refractivity contribution in [1.82, 2.24) is 4.90 Å². The normalized spacial score (nSPS) is 33.0. The second-order valence-electron chi connectivity index (χ2n) is 6.31. The van der Waals surface area contributed by atoms with E-state index in [0.29, 0.717) is 0 Å². The van der Waals surface area contributed by atoms with Gasteiger partial charge in [-0.3, -0.25) is 4.99 Å². The van der Waals surface area contributed by atoms with Crippen LogP contribution in [0.15, 0.2) is 45.3 Å². The van der Waals surface area contributed by atoms with Crippen molar-refractivity contribution in [3.8, 4) is 0 Å². The van der Waals surface area contributed by atoms with E-state index >= 15 is 0 Å². The maximum absolute atomic E-state index is 13.9. The summed E-state index contributed by atoms with van der Waals surface area (Å²) in [6.45, 7) is -0.0435. The predicted molar refractivity (Wildman–Crippen MR) is 91.5 cm³/mol. The zero-order valence-electron chi connectivity index (χ0n) is 13.8. The van der Waals surface area contributed by atoms with Crippen LogP contribution < -0.4 is 0 Å². The first kappa shape index (κ1) is 17.1. The lowest BCUT2D eigenvalue weighted by atomic mass is 10.1. The number of hydrogen-bond donors (Lipinski definition) is 2. The third-order valence-corrected chi connectivity index (χ3v) is 4.59. The standard InChI is InChI=1S/C17H19FN4O4/c18-17-20-15-14(16(21-17)25-8-10-4-2-1-3-5-10)19-9-22(15)13-6-11(24)12(7-23)26-13/h1-5,9,11-15,23-24H,6-8H2/t11-,12+,13+,14?,15?/m0/s1. The summed E-state index contributed by atoms with van der Waals surface area (Å²) in [5, 5.41) is 19.1. The van der Waals surface area contributed by atoms with E-state index in [1.54, 1.807) is 4.90 Å². The van der Waals surface area contributed by atoms with Crippen LogP contribution in [0.4, 0.5) is 4.39 Å². The fourth-order valence-electron chi connectivity index (χ4n) is 3.24. The van der Waals surface area contributed by atoms with Gasteiger partial charge in [-0.25, -0.2) is 4.99 Å².